The van der Waals surface area contributed by atoms with Crippen LogP contribution in [-0.4, -0.2) is 39.9 Å². The highest BCUT2D eigenvalue weighted by Gasteiger charge is 2.35. The zero-order valence-corrected chi connectivity index (χ0v) is 17.3. The number of piperidine rings is 1. The van der Waals surface area contributed by atoms with Crippen molar-refractivity contribution < 1.29 is 31.2 Å². The average molecular weight is 477 g/mol. The summed E-state index contributed by atoms with van der Waals surface area (Å²) in [6.45, 7) is -0.0477. The van der Waals surface area contributed by atoms with Gasteiger partial charge >= 0.3 is 0 Å². The predicted octanol–water partition coefficient (Wildman–Crippen LogP) is 5.12. The molecule has 1 aliphatic heterocycles. The molecule has 12 heteroatoms. The smallest absolute Gasteiger partial charge is 0.277 e. The van der Waals surface area contributed by atoms with E-state index >= 15 is 0 Å². The number of alkyl halides is 2. The lowest BCUT2D eigenvalue weighted by Crippen LogP contribution is -2.40. The van der Waals surface area contributed by atoms with Gasteiger partial charge in [-0.15, -0.1) is 0 Å². The van der Waals surface area contributed by atoms with E-state index in [0.717, 1.165) is 24.5 Å². The normalized spacial score (nSPS) is 15.6. The lowest BCUT2D eigenvalue weighted by atomic mass is 10.1. The van der Waals surface area contributed by atoms with Gasteiger partial charge in [0, 0.05) is 49.8 Å². The Balaban J connectivity index is 1.32. The van der Waals surface area contributed by atoms with Gasteiger partial charge in [0.1, 0.15) is 6.26 Å². The minimum absolute atomic E-state index is 0.0238. The number of aromatic nitrogens is 3. The van der Waals surface area contributed by atoms with Gasteiger partial charge in [0.2, 0.25) is 5.89 Å². The molecule has 1 amide bonds. The van der Waals surface area contributed by atoms with E-state index in [1.54, 1.807) is 0 Å². The van der Waals surface area contributed by atoms with Crippen molar-refractivity contribution in [2.24, 2.45) is 0 Å². The second kappa shape index (κ2) is 8.12. The molecule has 3 aromatic heterocycles. The zero-order chi connectivity index (χ0) is 24.0. The van der Waals surface area contributed by atoms with Crippen LogP contribution in [0.25, 0.3) is 22.4 Å². The lowest BCUT2D eigenvalue weighted by Gasteiger charge is -2.32. The van der Waals surface area contributed by atoms with Gasteiger partial charge in [0.15, 0.2) is 29.0 Å². The molecule has 0 saturated carbocycles. The first-order valence-corrected chi connectivity index (χ1v) is 10.2. The molecule has 0 radical (unpaired) electrons. The number of H-pyrrole nitrogens is 1. The number of rotatable bonds is 4. The standard InChI is InChI=1S/C22H16F5N5O2/c23-13-6-12-16(7-14(13)24)28-9-17(12)30-20(33)18-10-34-21(31-18)11-5-15(25)19(29-8-11)32-3-1-22(26,27)2-4-32/h5-10,28H,1-4H2,(H,30,33). The number of amides is 1. The summed E-state index contributed by atoms with van der Waals surface area (Å²) in [7, 11) is 0. The molecule has 0 atom stereocenters. The summed E-state index contributed by atoms with van der Waals surface area (Å²) < 4.78 is 73.5. The van der Waals surface area contributed by atoms with Crippen LogP contribution in [0.4, 0.5) is 33.5 Å². The van der Waals surface area contributed by atoms with Crippen LogP contribution < -0.4 is 10.2 Å². The van der Waals surface area contributed by atoms with Crippen LogP contribution in [0, 0.1) is 17.5 Å². The molecule has 1 saturated heterocycles. The molecule has 1 aromatic carbocycles. The van der Waals surface area contributed by atoms with Crippen molar-refractivity contribution in [3.8, 4) is 11.5 Å². The fourth-order valence-electron chi connectivity index (χ4n) is 3.74. The van der Waals surface area contributed by atoms with Gasteiger partial charge in [-0.1, -0.05) is 0 Å². The first kappa shape index (κ1) is 21.9. The van der Waals surface area contributed by atoms with Crippen molar-refractivity contribution in [3.63, 3.8) is 0 Å². The summed E-state index contributed by atoms with van der Waals surface area (Å²) >= 11 is 0. The second-order valence-corrected chi connectivity index (χ2v) is 7.88. The first-order chi connectivity index (χ1) is 16.2. The van der Waals surface area contributed by atoms with Gasteiger partial charge in [-0.25, -0.2) is 31.9 Å². The number of aromatic amines is 1. The topological polar surface area (TPSA) is 87.0 Å². The van der Waals surface area contributed by atoms with Gasteiger partial charge < -0.3 is 19.6 Å². The number of anilines is 2. The number of benzene rings is 1. The van der Waals surface area contributed by atoms with E-state index < -0.39 is 29.3 Å². The Morgan fingerprint density at radius 2 is 1.82 bits per heavy atom. The quantitative estimate of drug-likeness (QED) is 0.399. The number of hydrogen-bond acceptors (Lipinski definition) is 5. The highest BCUT2D eigenvalue weighted by molar-refractivity contribution is 6.08. The fourth-order valence-corrected chi connectivity index (χ4v) is 3.74. The third-order valence-electron chi connectivity index (χ3n) is 5.57. The largest absolute Gasteiger partial charge is 0.444 e. The highest BCUT2D eigenvalue weighted by atomic mass is 19.3. The average Bonchev–Trinajstić information content (AvgIpc) is 3.43. The molecule has 34 heavy (non-hydrogen) atoms. The molecule has 0 bridgehead atoms. The van der Waals surface area contributed by atoms with Crippen LogP contribution in [0.5, 0.6) is 0 Å². The predicted molar refractivity (Wildman–Crippen MR) is 112 cm³/mol. The van der Waals surface area contributed by atoms with Crippen LogP contribution in [0.15, 0.2) is 41.3 Å². The number of halogens is 5. The summed E-state index contributed by atoms with van der Waals surface area (Å²) in [5.74, 6) is -6.42. The Morgan fingerprint density at radius 1 is 1.09 bits per heavy atom. The van der Waals surface area contributed by atoms with E-state index in [1.807, 2.05) is 0 Å². The molecular formula is C22H16F5N5O2. The first-order valence-electron chi connectivity index (χ1n) is 10.2. The van der Waals surface area contributed by atoms with E-state index in [2.05, 4.69) is 20.3 Å². The minimum Gasteiger partial charge on any atom is -0.444 e. The lowest BCUT2D eigenvalue weighted by molar-refractivity contribution is -0.0222. The Kier molecular flexibility index (Phi) is 5.22. The summed E-state index contributed by atoms with van der Waals surface area (Å²) in [5.41, 5.74) is 0.490. The molecule has 0 unspecified atom stereocenters. The van der Waals surface area contributed by atoms with Crippen molar-refractivity contribution in [3.05, 3.63) is 60.0 Å². The molecular weight excluding hydrogens is 461 g/mol. The second-order valence-electron chi connectivity index (χ2n) is 7.88. The minimum atomic E-state index is -2.76. The van der Waals surface area contributed by atoms with E-state index in [9.17, 15) is 26.7 Å². The van der Waals surface area contributed by atoms with Crippen molar-refractivity contribution in [2.75, 3.05) is 23.3 Å². The van der Waals surface area contributed by atoms with Crippen LogP contribution in [0.2, 0.25) is 0 Å². The van der Waals surface area contributed by atoms with Crippen molar-refractivity contribution in [2.45, 2.75) is 18.8 Å². The molecule has 0 spiro atoms. The summed E-state index contributed by atoms with van der Waals surface area (Å²) in [4.78, 5) is 24.8. The number of oxazole rings is 1. The summed E-state index contributed by atoms with van der Waals surface area (Å²) in [6.07, 6.45) is 2.93. The molecule has 1 aliphatic rings. The van der Waals surface area contributed by atoms with Gasteiger partial charge in [-0.3, -0.25) is 4.79 Å². The molecule has 5 rings (SSSR count). The zero-order valence-electron chi connectivity index (χ0n) is 17.3. The summed E-state index contributed by atoms with van der Waals surface area (Å²) in [6, 6.07) is 3.01. The number of carbonyl (C=O) groups is 1. The van der Waals surface area contributed by atoms with Gasteiger partial charge in [-0.2, -0.15) is 0 Å². The fraction of sp³-hybridized carbons (Fsp3) is 0.227. The molecule has 4 aromatic rings. The number of fused-ring (bicyclic) bond motifs is 1. The number of nitrogens with zero attached hydrogens (tertiary/aromatic N) is 3. The van der Waals surface area contributed by atoms with E-state index in [0.29, 0.717) is 0 Å². The third-order valence-corrected chi connectivity index (χ3v) is 5.57. The molecule has 7 nitrogen and oxygen atoms in total. The van der Waals surface area contributed by atoms with Gasteiger partial charge in [-0.05, 0) is 12.1 Å². The summed E-state index contributed by atoms with van der Waals surface area (Å²) in [5, 5.41) is 2.78. The molecule has 4 heterocycles. The van der Waals surface area contributed by atoms with Crippen molar-refractivity contribution in [1.29, 1.82) is 0 Å². The number of carbonyl (C=O) groups excluding carboxylic acids is 1. The van der Waals surface area contributed by atoms with Crippen molar-refractivity contribution >= 4 is 28.3 Å². The van der Waals surface area contributed by atoms with Gasteiger partial charge in [0.05, 0.1) is 16.8 Å². The van der Waals surface area contributed by atoms with Crippen LogP contribution >= 0.6 is 0 Å². The Morgan fingerprint density at radius 3 is 2.56 bits per heavy atom. The van der Waals surface area contributed by atoms with E-state index in [4.69, 9.17) is 4.42 Å². The number of pyridine rings is 1. The monoisotopic (exact) mass is 477 g/mol. The maximum atomic E-state index is 14.6. The molecule has 2 N–H and O–H groups in total. The molecule has 176 valence electrons. The maximum Gasteiger partial charge on any atom is 0.277 e. The van der Waals surface area contributed by atoms with E-state index in [-0.39, 0.29) is 65.5 Å². The molecule has 0 aliphatic carbocycles. The van der Waals surface area contributed by atoms with Crippen LogP contribution in [0.3, 0.4) is 0 Å². The SMILES string of the molecule is O=C(Nc1c[nH]c2cc(F)c(F)cc12)c1coc(-c2cnc(N3CCC(F)(F)CC3)c(F)c2)n1. The maximum absolute atomic E-state index is 14.6. The Labute approximate surface area is 188 Å². The van der Waals surface area contributed by atoms with E-state index in [1.165, 1.54) is 17.3 Å². The third kappa shape index (κ3) is 4.06. The van der Waals surface area contributed by atoms with Crippen molar-refractivity contribution in [1.82, 2.24) is 15.0 Å². The number of hydrogen-bond donors (Lipinski definition) is 2. The van der Waals surface area contributed by atoms with Gasteiger partial charge in [0.25, 0.3) is 11.8 Å². The van der Waals surface area contributed by atoms with Crippen LogP contribution in [0.1, 0.15) is 23.3 Å². The molecule has 1 fully saturated rings. The van der Waals surface area contributed by atoms with Crippen LogP contribution in [-0.2, 0) is 0 Å². The number of nitrogens with one attached hydrogen (secondary N) is 2. The Bertz CT molecular complexity index is 1390. The highest BCUT2D eigenvalue weighted by Crippen LogP contribution is 2.32. The Hall–Kier alpha value is -3.96.